The smallest absolute Gasteiger partial charge is 0.335 e. The van der Waals surface area contributed by atoms with Gasteiger partial charge in [0.2, 0.25) is 0 Å². The molecule has 0 saturated carbocycles. The highest BCUT2D eigenvalue weighted by Gasteiger charge is 2.21. The zero-order chi connectivity index (χ0) is 19.5. The van der Waals surface area contributed by atoms with Gasteiger partial charge in [-0.15, -0.1) is 0 Å². The summed E-state index contributed by atoms with van der Waals surface area (Å²) >= 11 is 7.78. The maximum Gasteiger partial charge on any atom is 0.335 e. The number of carboxylic acids is 1. The molecule has 5 nitrogen and oxygen atoms in total. The van der Waals surface area contributed by atoms with Crippen LogP contribution in [0.2, 0.25) is 5.02 Å². The first-order valence-electron chi connectivity index (χ1n) is 9.36. The van der Waals surface area contributed by atoms with Gasteiger partial charge in [-0.25, -0.2) is 9.78 Å². The summed E-state index contributed by atoms with van der Waals surface area (Å²) in [5.74, 6) is 0.295. The Labute approximate surface area is 172 Å². The molecule has 0 aliphatic carbocycles. The molecule has 4 rings (SSSR count). The molecule has 1 N–H and O–H groups in total. The Hall–Kier alpha value is -2.31. The summed E-state index contributed by atoms with van der Waals surface area (Å²) in [6.07, 6.45) is 3.19. The Morgan fingerprint density at radius 2 is 2.07 bits per heavy atom. The van der Waals surface area contributed by atoms with Gasteiger partial charge in [0, 0.05) is 18.1 Å². The van der Waals surface area contributed by atoms with Crippen LogP contribution in [0.25, 0.3) is 10.2 Å². The largest absolute Gasteiger partial charge is 0.494 e. The number of rotatable bonds is 6. The third-order valence-corrected chi connectivity index (χ3v) is 6.43. The average Bonchev–Trinajstić information content (AvgIpc) is 3.12. The van der Waals surface area contributed by atoms with Gasteiger partial charge in [-0.3, -0.25) is 0 Å². The molecule has 2 heterocycles. The third-order valence-electron chi connectivity index (χ3n) is 5.10. The van der Waals surface area contributed by atoms with Crippen LogP contribution in [-0.4, -0.2) is 35.8 Å². The number of piperidine rings is 1. The van der Waals surface area contributed by atoms with Crippen molar-refractivity contribution in [3.05, 3.63) is 53.1 Å². The molecule has 7 heteroatoms. The zero-order valence-corrected chi connectivity index (χ0v) is 16.9. The second-order valence-electron chi connectivity index (χ2n) is 7.01. The number of aromatic carboxylic acids is 1. The summed E-state index contributed by atoms with van der Waals surface area (Å²) in [6.45, 7) is 2.59. The summed E-state index contributed by atoms with van der Waals surface area (Å²) in [4.78, 5) is 18.1. The molecule has 0 unspecified atom stereocenters. The fourth-order valence-corrected chi connectivity index (χ4v) is 4.66. The van der Waals surface area contributed by atoms with E-state index in [9.17, 15) is 4.79 Å². The summed E-state index contributed by atoms with van der Waals surface area (Å²) in [5.41, 5.74) is 1.22. The van der Waals surface area contributed by atoms with E-state index in [0.717, 1.165) is 48.0 Å². The van der Waals surface area contributed by atoms with Crippen LogP contribution in [0, 0.1) is 5.92 Å². The van der Waals surface area contributed by atoms with Crippen molar-refractivity contribution in [1.29, 1.82) is 0 Å². The van der Waals surface area contributed by atoms with Crippen LogP contribution in [-0.2, 0) is 0 Å². The number of thiazole rings is 1. The maximum absolute atomic E-state index is 11.0. The number of fused-ring (bicyclic) bond motifs is 1. The van der Waals surface area contributed by atoms with E-state index in [4.69, 9.17) is 26.4 Å². The number of benzene rings is 2. The van der Waals surface area contributed by atoms with E-state index in [-0.39, 0.29) is 5.56 Å². The number of nitrogens with zero attached hydrogens (tertiary/aromatic N) is 2. The summed E-state index contributed by atoms with van der Waals surface area (Å²) in [7, 11) is 0. The normalized spacial score (nSPS) is 15.1. The lowest BCUT2D eigenvalue weighted by Crippen LogP contribution is -2.34. The lowest BCUT2D eigenvalue weighted by Gasteiger charge is -2.31. The number of ether oxygens (including phenoxy) is 1. The Balaban J connectivity index is 1.27. The first-order chi connectivity index (χ1) is 13.6. The topological polar surface area (TPSA) is 62.7 Å². The highest BCUT2D eigenvalue weighted by Crippen LogP contribution is 2.33. The molecular weight excluding hydrogens is 396 g/mol. The van der Waals surface area contributed by atoms with Crippen LogP contribution >= 0.6 is 22.9 Å². The number of carbonyl (C=O) groups is 1. The van der Waals surface area contributed by atoms with Crippen molar-refractivity contribution in [2.45, 2.75) is 19.3 Å². The van der Waals surface area contributed by atoms with Gasteiger partial charge in [0.25, 0.3) is 0 Å². The van der Waals surface area contributed by atoms with Gasteiger partial charge in [0.05, 0.1) is 22.4 Å². The molecule has 3 aromatic rings. The van der Waals surface area contributed by atoms with Crippen molar-refractivity contribution >= 4 is 44.3 Å². The number of aromatic nitrogens is 1. The van der Waals surface area contributed by atoms with E-state index in [1.807, 2.05) is 18.2 Å². The molecule has 1 saturated heterocycles. The number of carboxylic acid groups (broad SMARTS) is 1. The van der Waals surface area contributed by atoms with Gasteiger partial charge in [-0.2, -0.15) is 0 Å². The monoisotopic (exact) mass is 416 g/mol. The molecule has 146 valence electrons. The quantitative estimate of drug-likeness (QED) is 0.588. The molecule has 2 aromatic carbocycles. The highest BCUT2D eigenvalue weighted by atomic mass is 35.5. The molecule has 0 spiro atoms. The van der Waals surface area contributed by atoms with Crippen molar-refractivity contribution in [1.82, 2.24) is 4.98 Å². The second kappa shape index (κ2) is 8.37. The number of anilines is 1. The molecule has 1 fully saturated rings. The van der Waals surface area contributed by atoms with Crippen molar-refractivity contribution in [3.63, 3.8) is 0 Å². The minimum Gasteiger partial charge on any atom is -0.494 e. The van der Waals surface area contributed by atoms with Crippen LogP contribution in [0.15, 0.2) is 42.5 Å². The zero-order valence-electron chi connectivity index (χ0n) is 15.3. The predicted octanol–water partition coefficient (Wildman–Crippen LogP) is 5.33. The summed E-state index contributed by atoms with van der Waals surface area (Å²) in [6, 6.07) is 12.5. The fourth-order valence-electron chi connectivity index (χ4n) is 3.50. The molecule has 28 heavy (non-hydrogen) atoms. The van der Waals surface area contributed by atoms with Gasteiger partial charge >= 0.3 is 5.97 Å². The van der Waals surface area contributed by atoms with E-state index in [1.165, 1.54) is 4.70 Å². The molecule has 0 bridgehead atoms. The van der Waals surface area contributed by atoms with Crippen molar-refractivity contribution in [2.75, 3.05) is 24.6 Å². The van der Waals surface area contributed by atoms with Gasteiger partial charge in [0.1, 0.15) is 5.75 Å². The first-order valence-corrected chi connectivity index (χ1v) is 10.5. The van der Waals surface area contributed by atoms with Crippen LogP contribution in [0.1, 0.15) is 29.6 Å². The van der Waals surface area contributed by atoms with Crippen molar-refractivity contribution in [3.8, 4) is 5.75 Å². The molecule has 1 aromatic heterocycles. The summed E-state index contributed by atoms with van der Waals surface area (Å²) < 4.78 is 6.93. The average molecular weight is 417 g/mol. The number of halogens is 1. The molecule has 0 amide bonds. The van der Waals surface area contributed by atoms with Gasteiger partial charge in [0.15, 0.2) is 5.13 Å². The van der Waals surface area contributed by atoms with Crippen LogP contribution < -0.4 is 9.64 Å². The van der Waals surface area contributed by atoms with Crippen LogP contribution in [0.4, 0.5) is 5.13 Å². The van der Waals surface area contributed by atoms with Crippen LogP contribution in [0.3, 0.4) is 0 Å². The Morgan fingerprint density at radius 3 is 2.86 bits per heavy atom. The highest BCUT2D eigenvalue weighted by molar-refractivity contribution is 7.22. The van der Waals surface area contributed by atoms with Crippen LogP contribution in [0.5, 0.6) is 5.75 Å². The summed E-state index contributed by atoms with van der Waals surface area (Å²) in [5, 5.41) is 10.8. The maximum atomic E-state index is 11.0. The van der Waals surface area contributed by atoms with Gasteiger partial charge in [-0.05, 0) is 61.6 Å². The van der Waals surface area contributed by atoms with E-state index >= 15 is 0 Å². The van der Waals surface area contributed by atoms with E-state index < -0.39 is 5.97 Å². The van der Waals surface area contributed by atoms with Gasteiger partial charge < -0.3 is 14.7 Å². The SMILES string of the molecule is O=C(O)c1cccc(OCCC2CCN(c3nc4cc(Cl)ccc4s3)CC2)c1. The standard InChI is InChI=1S/C21H21ClN2O3S/c22-16-4-5-19-18(13-16)23-21(28-19)24-9-6-14(7-10-24)8-11-27-17-3-1-2-15(12-17)20(25)26/h1-5,12-14H,6-11H2,(H,25,26). The fraction of sp³-hybridized carbons (Fsp3) is 0.333. The molecule has 1 aliphatic heterocycles. The molecule has 0 radical (unpaired) electrons. The Morgan fingerprint density at radius 1 is 1.25 bits per heavy atom. The lowest BCUT2D eigenvalue weighted by molar-refractivity contribution is 0.0696. The predicted molar refractivity (Wildman–Crippen MR) is 113 cm³/mol. The van der Waals surface area contributed by atoms with Crippen molar-refractivity contribution < 1.29 is 14.6 Å². The van der Waals surface area contributed by atoms with E-state index in [2.05, 4.69) is 4.90 Å². The minimum atomic E-state index is -0.935. The number of hydrogen-bond acceptors (Lipinski definition) is 5. The molecule has 0 atom stereocenters. The lowest BCUT2D eigenvalue weighted by atomic mass is 9.94. The second-order valence-corrected chi connectivity index (χ2v) is 8.45. The van der Waals surface area contributed by atoms with E-state index in [1.54, 1.807) is 35.6 Å². The number of hydrogen-bond donors (Lipinski definition) is 1. The van der Waals surface area contributed by atoms with Crippen molar-refractivity contribution in [2.24, 2.45) is 5.92 Å². The minimum absolute atomic E-state index is 0.253. The molecule has 1 aliphatic rings. The Bertz CT molecular complexity index is 983. The third kappa shape index (κ3) is 4.39. The van der Waals surface area contributed by atoms with Gasteiger partial charge in [-0.1, -0.05) is 29.0 Å². The van der Waals surface area contributed by atoms with E-state index in [0.29, 0.717) is 18.3 Å². The first kappa shape index (κ1) is 19.0. The molecular formula is C21H21ClN2O3S. The Kier molecular flexibility index (Phi) is 5.69.